The fourth-order valence-electron chi connectivity index (χ4n) is 4.11. The maximum atomic E-state index is 13.3. The third-order valence-corrected chi connectivity index (χ3v) is 6.27. The lowest BCUT2D eigenvalue weighted by Gasteiger charge is -2.38. The first kappa shape index (κ1) is 26.1. The maximum absolute atomic E-state index is 13.3. The second-order valence-corrected chi connectivity index (χ2v) is 9.38. The predicted molar refractivity (Wildman–Crippen MR) is 119 cm³/mol. The van der Waals surface area contributed by atoms with E-state index in [0.717, 1.165) is 25.8 Å². The van der Waals surface area contributed by atoms with E-state index in [-0.39, 0.29) is 41.3 Å². The fraction of sp³-hybridized carbons (Fsp3) is 0.783. The summed E-state index contributed by atoms with van der Waals surface area (Å²) in [7, 11) is 3.65. The Kier molecular flexibility index (Phi) is 10.0. The van der Waals surface area contributed by atoms with Crippen LogP contribution >= 0.6 is 0 Å². The van der Waals surface area contributed by atoms with Gasteiger partial charge in [-0.15, -0.1) is 0 Å². The lowest BCUT2D eigenvalue weighted by atomic mass is 9.90. The van der Waals surface area contributed by atoms with Crippen LogP contribution in [0.3, 0.4) is 0 Å². The van der Waals surface area contributed by atoms with E-state index < -0.39 is 12.0 Å². The monoisotopic (exact) mass is 423 g/mol. The van der Waals surface area contributed by atoms with Gasteiger partial charge in [-0.3, -0.25) is 14.5 Å². The quantitative estimate of drug-likeness (QED) is 0.557. The van der Waals surface area contributed by atoms with Crippen LogP contribution in [0.4, 0.5) is 0 Å². The molecule has 0 aromatic heterocycles. The highest BCUT2D eigenvalue weighted by Gasteiger charge is 2.35. The van der Waals surface area contributed by atoms with Crippen molar-refractivity contribution in [2.24, 2.45) is 17.8 Å². The number of likely N-dealkylation sites (N-methyl/N-ethyl adjacent to an activating group) is 2. The molecule has 0 aromatic carbocycles. The molecule has 172 valence electrons. The van der Waals surface area contributed by atoms with Crippen molar-refractivity contribution in [2.75, 3.05) is 20.6 Å². The molecule has 0 spiro atoms. The van der Waals surface area contributed by atoms with Gasteiger partial charge in [0.15, 0.2) is 0 Å². The molecule has 1 rings (SSSR count). The smallest absolute Gasteiger partial charge is 0.331 e. The van der Waals surface area contributed by atoms with E-state index in [0.29, 0.717) is 5.92 Å². The van der Waals surface area contributed by atoms with E-state index in [1.54, 1.807) is 18.0 Å². The highest BCUT2D eigenvalue weighted by molar-refractivity contribution is 5.90. The number of carbonyl (C=O) groups is 3. The van der Waals surface area contributed by atoms with Gasteiger partial charge in [-0.2, -0.15) is 0 Å². The summed E-state index contributed by atoms with van der Waals surface area (Å²) in [6.07, 6.45) is 4.54. The van der Waals surface area contributed by atoms with Crippen LogP contribution < -0.4 is 5.32 Å². The van der Waals surface area contributed by atoms with Crippen LogP contribution in [0.5, 0.6) is 0 Å². The molecule has 4 atom stereocenters. The highest BCUT2D eigenvalue weighted by Crippen LogP contribution is 2.23. The molecule has 1 saturated heterocycles. The first-order chi connectivity index (χ1) is 13.9. The van der Waals surface area contributed by atoms with Crippen molar-refractivity contribution in [3.8, 4) is 0 Å². The molecule has 0 aromatic rings. The second-order valence-electron chi connectivity index (χ2n) is 9.38. The zero-order valence-corrected chi connectivity index (χ0v) is 19.9. The molecule has 1 fully saturated rings. The second kappa shape index (κ2) is 11.5. The number of rotatable bonds is 9. The van der Waals surface area contributed by atoms with E-state index in [1.807, 2.05) is 34.7 Å². The Morgan fingerprint density at radius 2 is 1.77 bits per heavy atom. The summed E-state index contributed by atoms with van der Waals surface area (Å²) >= 11 is 0. The van der Waals surface area contributed by atoms with Crippen LogP contribution in [-0.2, 0) is 14.4 Å². The van der Waals surface area contributed by atoms with E-state index in [1.165, 1.54) is 6.92 Å². The zero-order valence-electron chi connectivity index (χ0n) is 19.9. The Hall–Kier alpha value is -1.89. The lowest BCUT2D eigenvalue weighted by molar-refractivity contribution is -0.140. The molecule has 30 heavy (non-hydrogen) atoms. The fourth-order valence-corrected chi connectivity index (χ4v) is 4.11. The van der Waals surface area contributed by atoms with Gasteiger partial charge in [0.05, 0.1) is 12.1 Å². The van der Waals surface area contributed by atoms with E-state index in [9.17, 15) is 19.5 Å². The molecule has 0 radical (unpaired) electrons. The third kappa shape index (κ3) is 6.83. The summed E-state index contributed by atoms with van der Waals surface area (Å²) in [6, 6.07) is -1.24. The van der Waals surface area contributed by atoms with Gasteiger partial charge in [0.1, 0.15) is 6.04 Å². The van der Waals surface area contributed by atoms with Gasteiger partial charge >= 0.3 is 5.97 Å². The van der Waals surface area contributed by atoms with Gasteiger partial charge in [-0.1, -0.05) is 47.1 Å². The minimum absolute atomic E-state index is 0.0345. The SMILES string of the molecule is CC[C@H]1CCC(C(=O)N[C@H](C(=O)N(C)[C@H](C=C(C)C(=O)O)C(C)C)C(C)C)N(C)C1. The normalized spacial score (nSPS) is 22.7. The van der Waals surface area contributed by atoms with Crippen LogP contribution in [0.1, 0.15) is 60.8 Å². The Morgan fingerprint density at radius 1 is 1.17 bits per heavy atom. The number of aliphatic carboxylic acids is 1. The molecular weight excluding hydrogens is 382 g/mol. The average molecular weight is 424 g/mol. The standard InChI is InChI=1S/C23H41N3O4/c1-9-17-10-11-18(25(7)13-17)21(27)24-20(15(4)5)22(28)26(8)19(14(2)3)12-16(6)23(29)30/h12,14-15,17-20H,9-11,13H2,1-8H3,(H,24,27)(H,29,30)/t17-,18?,19+,20-/m0/s1. The van der Waals surface area contributed by atoms with E-state index in [4.69, 9.17) is 0 Å². The van der Waals surface area contributed by atoms with Gasteiger partial charge in [0, 0.05) is 19.2 Å². The molecule has 2 N–H and O–H groups in total. The van der Waals surface area contributed by atoms with Gasteiger partial charge in [-0.25, -0.2) is 4.79 Å². The zero-order chi connectivity index (χ0) is 23.2. The Balaban J connectivity index is 2.97. The van der Waals surface area contributed by atoms with Crippen molar-refractivity contribution in [1.29, 1.82) is 0 Å². The average Bonchev–Trinajstić information content (AvgIpc) is 2.67. The molecule has 7 nitrogen and oxygen atoms in total. The number of hydrogen-bond acceptors (Lipinski definition) is 4. The Morgan fingerprint density at radius 3 is 2.20 bits per heavy atom. The Bertz CT molecular complexity index is 644. The topological polar surface area (TPSA) is 90.0 Å². The highest BCUT2D eigenvalue weighted by atomic mass is 16.4. The largest absolute Gasteiger partial charge is 0.478 e. The number of carboxylic acid groups (broad SMARTS) is 1. The summed E-state index contributed by atoms with van der Waals surface area (Å²) in [6.45, 7) is 12.3. The molecule has 1 aliphatic heterocycles. The van der Waals surface area contributed by atoms with Gasteiger partial charge < -0.3 is 15.3 Å². The van der Waals surface area contributed by atoms with Gasteiger partial charge in [-0.05, 0) is 44.6 Å². The predicted octanol–water partition coefficient (Wildman–Crippen LogP) is 2.76. The molecule has 1 unspecified atom stereocenters. The number of amides is 2. The molecule has 1 heterocycles. The summed E-state index contributed by atoms with van der Waals surface area (Å²) < 4.78 is 0. The van der Waals surface area contributed by atoms with Crippen molar-refractivity contribution in [2.45, 2.75) is 78.9 Å². The number of likely N-dealkylation sites (tertiary alicyclic amines) is 1. The third-order valence-electron chi connectivity index (χ3n) is 6.27. The molecule has 0 bridgehead atoms. The number of hydrogen-bond donors (Lipinski definition) is 2. The minimum Gasteiger partial charge on any atom is -0.478 e. The molecule has 0 saturated carbocycles. The summed E-state index contributed by atoms with van der Waals surface area (Å²) in [5.41, 5.74) is 0.202. The first-order valence-electron chi connectivity index (χ1n) is 11.1. The van der Waals surface area contributed by atoms with Gasteiger partial charge in [0.25, 0.3) is 0 Å². The summed E-state index contributed by atoms with van der Waals surface area (Å²) in [5, 5.41) is 12.2. The summed E-state index contributed by atoms with van der Waals surface area (Å²) in [5.74, 6) is -0.738. The Labute approximate surface area is 181 Å². The van der Waals surface area contributed by atoms with Crippen molar-refractivity contribution < 1.29 is 19.5 Å². The first-order valence-corrected chi connectivity index (χ1v) is 11.1. The van der Waals surface area contributed by atoms with E-state index in [2.05, 4.69) is 17.1 Å². The number of piperidine rings is 1. The minimum atomic E-state index is -0.999. The number of nitrogens with zero attached hydrogens (tertiary/aromatic N) is 2. The molecule has 7 heteroatoms. The van der Waals surface area contributed by atoms with Crippen LogP contribution in [0.2, 0.25) is 0 Å². The lowest BCUT2D eigenvalue weighted by Crippen LogP contribution is -2.58. The van der Waals surface area contributed by atoms with Crippen LogP contribution in [0, 0.1) is 17.8 Å². The number of carboxylic acids is 1. The molecular formula is C23H41N3O4. The van der Waals surface area contributed by atoms with Crippen molar-refractivity contribution >= 4 is 17.8 Å². The van der Waals surface area contributed by atoms with Gasteiger partial charge in [0.2, 0.25) is 11.8 Å². The van der Waals surface area contributed by atoms with Crippen LogP contribution in [0.15, 0.2) is 11.6 Å². The van der Waals surface area contributed by atoms with Crippen molar-refractivity contribution in [3.05, 3.63) is 11.6 Å². The van der Waals surface area contributed by atoms with Crippen LogP contribution in [0.25, 0.3) is 0 Å². The summed E-state index contributed by atoms with van der Waals surface area (Å²) in [4.78, 5) is 41.2. The van der Waals surface area contributed by atoms with Crippen molar-refractivity contribution in [3.63, 3.8) is 0 Å². The van der Waals surface area contributed by atoms with Crippen molar-refractivity contribution in [1.82, 2.24) is 15.1 Å². The number of carbonyl (C=O) groups excluding carboxylic acids is 2. The van der Waals surface area contributed by atoms with E-state index >= 15 is 0 Å². The van der Waals surface area contributed by atoms with Crippen LogP contribution in [-0.4, -0.2) is 71.5 Å². The molecule has 1 aliphatic rings. The molecule has 0 aliphatic carbocycles. The maximum Gasteiger partial charge on any atom is 0.331 e. The number of nitrogens with one attached hydrogen (secondary N) is 1. The molecule has 2 amide bonds.